The highest BCUT2D eigenvalue weighted by atomic mass is 32.2. The second-order valence-corrected chi connectivity index (χ2v) is 6.05. The van der Waals surface area contributed by atoms with Crippen molar-refractivity contribution in [3.63, 3.8) is 0 Å². The van der Waals surface area contributed by atoms with Crippen LogP contribution in [0.5, 0.6) is 5.75 Å². The number of nitrogens with zero attached hydrogens (tertiary/aromatic N) is 3. The standard InChI is InChI=1S/C15H16N4OS2/c1-11-14(22-10-18-11)7-8-20-13-5-3-12(4-6-13)19-15(21-2)17-9-16/h3-6,10H,7-8H2,1-2H3,(H,17,19). The van der Waals surface area contributed by atoms with Gasteiger partial charge >= 0.3 is 0 Å². The Bertz CT molecular complexity index is 674. The molecule has 2 aromatic rings. The second kappa shape index (κ2) is 8.41. The fourth-order valence-corrected chi connectivity index (χ4v) is 2.84. The topological polar surface area (TPSA) is 70.3 Å². The van der Waals surface area contributed by atoms with Crippen molar-refractivity contribution in [1.82, 2.24) is 10.3 Å². The molecule has 1 N–H and O–H groups in total. The fraction of sp³-hybridized carbons (Fsp3) is 0.267. The quantitative estimate of drug-likeness (QED) is 0.393. The van der Waals surface area contributed by atoms with Gasteiger partial charge in [-0.25, -0.2) is 9.98 Å². The summed E-state index contributed by atoms with van der Waals surface area (Å²) in [7, 11) is 0. The zero-order valence-electron chi connectivity index (χ0n) is 12.4. The van der Waals surface area contributed by atoms with Crippen molar-refractivity contribution < 1.29 is 4.74 Å². The van der Waals surface area contributed by atoms with E-state index in [-0.39, 0.29) is 0 Å². The minimum Gasteiger partial charge on any atom is -0.493 e. The van der Waals surface area contributed by atoms with Crippen LogP contribution in [-0.4, -0.2) is 23.0 Å². The normalized spacial score (nSPS) is 11.0. The molecule has 5 nitrogen and oxygen atoms in total. The van der Waals surface area contributed by atoms with Gasteiger partial charge in [0.15, 0.2) is 11.4 Å². The molecule has 114 valence electrons. The van der Waals surface area contributed by atoms with Gasteiger partial charge in [0.25, 0.3) is 0 Å². The second-order valence-electron chi connectivity index (χ2n) is 4.31. The molecule has 1 heterocycles. The lowest BCUT2D eigenvalue weighted by molar-refractivity contribution is 0.322. The predicted molar refractivity (Wildman–Crippen MR) is 91.9 cm³/mol. The molecule has 1 aromatic carbocycles. The molecule has 0 aliphatic carbocycles. The third-order valence-corrected chi connectivity index (χ3v) is 4.44. The number of benzene rings is 1. The largest absolute Gasteiger partial charge is 0.493 e. The van der Waals surface area contributed by atoms with Crippen LogP contribution in [-0.2, 0) is 6.42 Å². The molecule has 2 rings (SSSR count). The highest BCUT2D eigenvalue weighted by Crippen LogP contribution is 2.20. The first-order valence-electron chi connectivity index (χ1n) is 6.62. The number of ether oxygens (including phenoxy) is 1. The number of hydrogen-bond acceptors (Lipinski definition) is 6. The Kier molecular flexibility index (Phi) is 6.25. The molecule has 22 heavy (non-hydrogen) atoms. The molecule has 0 fully saturated rings. The summed E-state index contributed by atoms with van der Waals surface area (Å²) in [6, 6.07) is 7.48. The molecule has 0 radical (unpaired) electrons. The molecule has 7 heteroatoms. The molecule has 0 bridgehead atoms. The van der Waals surface area contributed by atoms with Gasteiger partial charge < -0.3 is 4.74 Å². The Morgan fingerprint density at radius 1 is 1.45 bits per heavy atom. The third kappa shape index (κ3) is 4.76. The molecule has 0 unspecified atom stereocenters. The highest BCUT2D eigenvalue weighted by Gasteiger charge is 2.02. The van der Waals surface area contributed by atoms with Crippen LogP contribution < -0.4 is 10.1 Å². The summed E-state index contributed by atoms with van der Waals surface area (Å²) < 4.78 is 5.73. The number of aryl methyl sites for hydroxylation is 1. The van der Waals surface area contributed by atoms with Crippen molar-refractivity contribution in [1.29, 1.82) is 5.26 Å². The first-order valence-corrected chi connectivity index (χ1v) is 8.73. The zero-order valence-corrected chi connectivity index (χ0v) is 14.0. The van der Waals surface area contributed by atoms with Crippen LogP contribution >= 0.6 is 23.1 Å². The van der Waals surface area contributed by atoms with Gasteiger partial charge in [-0.3, -0.25) is 5.32 Å². The van der Waals surface area contributed by atoms with Gasteiger partial charge in [-0.2, -0.15) is 5.26 Å². The maximum absolute atomic E-state index is 8.61. The van der Waals surface area contributed by atoms with Crippen molar-refractivity contribution in [2.24, 2.45) is 4.99 Å². The lowest BCUT2D eigenvalue weighted by Crippen LogP contribution is -2.12. The molecular weight excluding hydrogens is 316 g/mol. The van der Waals surface area contributed by atoms with E-state index in [0.29, 0.717) is 11.8 Å². The molecule has 0 atom stereocenters. The molecule has 1 aromatic heterocycles. The summed E-state index contributed by atoms with van der Waals surface area (Å²) in [4.78, 5) is 9.80. The van der Waals surface area contributed by atoms with E-state index < -0.39 is 0 Å². The van der Waals surface area contributed by atoms with E-state index in [9.17, 15) is 0 Å². The average Bonchev–Trinajstić information content (AvgIpc) is 2.94. The Morgan fingerprint density at radius 3 is 2.82 bits per heavy atom. The van der Waals surface area contributed by atoms with Crippen LogP contribution in [0.4, 0.5) is 5.69 Å². The van der Waals surface area contributed by atoms with E-state index in [4.69, 9.17) is 10.00 Å². The van der Waals surface area contributed by atoms with E-state index >= 15 is 0 Å². The number of nitriles is 1. The Labute approximate surface area is 138 Å². The van der Waals surface area contributed by atoms with Crippen LogP contribution in [0.15, 0.2) is 34.8 Å². The van der Waals surface area contributed by atoms with Crippen molar-refractivity contribution in [2.45, 2.75) is 13.3 Å². The molecule has 0 aliphatic heterocycles. The summed E-state index contributed by atoms with van der Waals surface area (Å²) in [5, 5.41) is 11.7. The Morgan fingerprint density at radius 2 is 2.23 bits per heavy atom. The lowest BCUT2D eigenvalue weighted by atomic mass is 10.3. The SMILES string of the molecule is CSC(=Nc1ccc(OCCc2scnc2C)cc1)NC#N. The van der Waals surface area contributed by atoms with Crippen molar-refractivity contribution in [2.75, 3.05) is 12.9 Å². The molecule has 0 spiro atoms. The van der Waals surface area contributed by atoms with Gasteiger partial charge in [-0.1, -0.05) is 11.8 Å². The van der Waals surface area contributed by atoms with Crippen LogP contribution in [0.1, 0.15) is 10.6 Å². The maximum Gasteiger partial charge on any atom is 0.183 e. The monoisotopic (exact) mass is 332 g/mol. The third-order valence-electron chi connectivity index (χ3n) is 2.87. The molecule has 0 saturated carbocycles. The van der Waals surface area contributed by atoms with Crippen LogP contribution in [0.2, 0.25) is 0 Å². The van der Waals surface area contributed by atoms with E-state index in [1.807, 2.05) is 49.1 Å². The number of aromatic nitrogens is 1. The molecule has 0 amide bonds. The van der Waals surface area contributed by atoms with Crippen molar-refractivity contribution in [3.05, 3.63) is 40.3 Å². The predicted octanol–water partition coefficient (Wildman–Crippen LogP) is 3.49. The van der Waals surface area contributed by atoms with Crippen LogP contribution in [0.3, 0.4) is 0 Å². The van der Waals surface area contributed by atoms with Gasteiger partial charge in [-0.05, 0) is 37.4 Å². The Hall–Kier alpha value is -2.04. The summed E-state index contributed by atoms with van der Waals surface area (Å²) in [6.45, 7) is 2.63. The van der Waals surface area contributed by atoms with Crippen molar-refractivity contribution in [3.8, 4) is 11.9 Å². The summed E-state index contributed by atoms with van der Waals surface area (Å²) >= 11 is 3.04. The number of nitrogens with one attached hydrogen (secondary N) is 1. The van der Waals surface area contributed by atoms with E-state index in [2.05, 4.69) is 15.3 Å². The van der Waals surface area contributed by atoms with Crippen LogP contribution in [0, 0.1) is 18.4 Å². The van der Waals surface area contributed by atoms with Crippen LogP contribution in [0.25, 0.3) is 0 Å². The fourth-order valence-electron chi connectivity index (χ4n) is 1.73. The number of thiazole rings is 1. The van der Waals surface area contributed by atoms with Crippen molar-refractivity contribution >= 4 is 34.0 Å². The Balaban J connectivity index is 1.89. The van der Waals surface area contributed by atoms with E-state index in [1.165, 1.54) is 16.6 Å². The van der Waals surface area contributed by atoms with E-state index in [0.717, 1.165) is 23.6 Å². The molecular formula is C15H16N4OS2. The minimum absolute atomic E-state index is 0.567. The van der Waals surface area contributed by atoms with E-state index in [1.54, 1.807) is 11.3 Å². The smallest absolute Gasteiger partial charge is 0.183 e. The van der Waals surface area contributed by atoms with Gasteiger partial charge in [0.1, 0.15) is 5.75 Å². The van der Waals surface area contributed by atoms with Gasteiger partial charge in [-0.15, -0.1) is 11.3 Å². The minimum atomic E-state index is 0.567. The summed E-state index contributed by atoms with van der Waals surface area (Å²) in [5.74, 6) is 0.806. The van der Waals surface area contributed by atoms with Gasteiger partial charge in [0, 0.05) is 11.3 Å². The summed E-state index contributed by atoms with van der Waals surface area (Å²) in [6.07, 6.45) is 4.59. The highest BCUT2D eigenvalue weighted by molar-refractivity contribution is 8.13. The zero-order chi connectivity index (χ0) is 15.8. The first-order chi connectivity index (χ1) is 10.7. The lowest BCUT2D eigenvalue weighted by Gasteiger charge is -2.06. The van der Waals surface area contributed by atoms with Gasteiger partial charge in [0.2, 0.25) is 0 Å². The maximum atomic E-state index is 8.61. The number of thioether (sulfide) groups is 1. The van der Waals surface area contributed by atoms with Gasteiger partial charge in [0.05, 0.1) is 23.5 Å². The first kappa shape index (κ1) is 16.3. The molecule has 0 aliphatic rings. The number of aliphatic imine (C=N–C) groups is 1. The summed E-state index contributed by atoms with van der Waals surface area (Å²) in [5.41, 5.74) is 3.71. The average molecular weight is 332 g/mol. The number of hydrogen-bond donors (Lipinski definition) is 1. The number of amidine groups is 1. The number of rotatable bonds is 5. The molecule has 0 saturated heterocycles.